The van der Waals surface area contributed by atoms with E-state index in [9.17, 15) is 8.42 Å². The van der Waals surface area contributed by atoms with E-state index in [-0.39, 0.29) is 5.75 Å². The van der Waals surface area contributed by atoms with Gasteiger partial charge in [-0.3, -0.25) is 4.57 Å². The van der Waals surface area contributed by atoms with E-state index in [1.807, 2.05) is 47.9 Å². The minimum atomic E-state index is -3.23. The zero-order valence-corrected chi connectivity index (χ0v) is 15.5. The van der Waals surface area contributed by atoms with Gasteiger partial charge in [-0.25, -0.2) is 8.42 Å². The summed E-state index contributed by atoms with van der Waals surface area (Å²) >= 11 is 1.52. The molecule has 130 valence electrons. The number of sulfone groups is 1. The predicted molar refractivity (Wildman–Crippen MR) is 99.9 cm³/mol. The van der Waals surface area contributed by atoms with Gasteiger partial charge in [-0.15, -0.1) is 10.2 Å². The van der Waals surface area contributed by atoms with Gasteiger partial charge in [0.1, 0.15) is 5.82 Å². The Balaban J connectivity index is 1.62. The van der Waals surface area contributed by atoms with E-state index < -0.39 is 9.84 Å². The van der Waals surface area contributed by atoms with Crippen molar-refractivity contribution < 1.29 is 8.42 Å². The van der Waals surface area contributed by atoms with Crippen molar-refractivity contribution >= 4 is 21.6 Å². The number of nitrogens with zero attached hydrogens (tertiary/aromatic N) is 3. The van der Waals surface area contributed by atoms with Crippen LogP contribution in [0.1, 0.15) is 12.2 Å². The zero-order valence-electron chi connectivity index (χ0n) is 13.9. The number of aryl methyl sites for hydroxylation is 1. The average molecular weight is 374 g/mol. The van der Waals surface area contributed by atoms with Crippen LogP contribution in [0.15, 0.2) is 70.7 Å². The van der Waals surface area contributed by atoms with Gasteiger partial charge in [0, 0.05) is 11.4 Å². The number of rotatable bonds is 7. The van der Waals surface area contributed by atoms with E-state index in [0.717, 1.165) is 16.7 Å². The molecule has 5 nitrogen and oxygen atoms in total. The maximum Gasteiger partial charge on any atom is 0.195 e. The molecule has 0 bridgehead atoms. The van der Waals surface area contributed by atoms with Crippen LogP contribution in [0.5, 0.6) is 0 Å². The summed E-state index contributed by atoms with van der Waals surface area (Å²) in [6, 6.07) is 18.5. The average Bonchev–Trinajstić information content (AvgIpc) is 3.01. The molecule has 0 fully saturated rings. The van der Waals surface area contributed by atoms with Gasteiger partial charge in [0.25, 0.3) is 0 Å². The number of thioether (sulfide) groups is 1. The number of aromatic nitrogens is 3. The Bertz CT molecular complexity index is 923. The summed E-state index contributed by atoms with van der Waals surface area (Å²) in [6.07, 6.45) is 0.558. The van der Waals surface area contributed by atoms with Gasteiger partial charge in [0.05, 0.1) is 10.6 Å². The summed E-state index contributed by atoms with van der Waals surface area (Å²) in [7, 11) is -3.23. The second-order valence-electron chi connectivity index (χ2n) is 5.53. The highest BCUT2D eigenvalue weighted by molar-refractivity contribution is 7.99. The Morgan fingerprint density at radius 2 is 1.60 bits per heavy atom. The molecule has 7 heteroatoms. The molecule has 0 amide bonds. The molecule has 0 saturated heterocycles. The minimum Gasteiger partial charge on any atom is -0.274 e. The molecular weight excluding hydrogens is 354 g/mol. The van der Waals surface area contributed by atoms with Gasteiger partial charge < -0.3 is 0 Å². The Kier molecular flexibility index (Phi) is 5.55. The monoisotopic (exact) mass is 373 g/mol. The number of hydrogen-bond donors (Lipinski definition) is 0. The third-order valence-electron chi connectivity index (χ3n) is 3.70. The van der Waals surface area contributed by atoms with E-state index in [4.69, 9.17) is 0 Å². The smallest absolute Gasteiger partial charge is 0.195 e. The first-order chi connectivity index (χ1) is 12.1. The Morgan fingerprint density at radius 1 is 0.960 bits per heavy atom. The topological polar surface area (TPSA) is 64.8 Å². The van der Waals surface area contributed by atoms with Crippen molar-refractivity contribution in [1.82, 2.24) is 14.8 Å². The van der Waals surface area contributed by atoms with Crippen LogP contribution in [0.25, 0.3) is 5.69 Å². The first kappa shape index (κ1) is 17.7. The number of benzene rings is 2. The highest BCUT2D eigenvalue weighted by Gasteiger charge is 2.15. The molecule has 1 heterocycles. The Hall–Kier alpha value is -2.12. The first-order valence-electron chi connectivity index (χ1n) is 7.96. The summed E-state index contributed by atoms with van der Waals surface area (Å²) < 4.78 is 26.6. The molecule has 0 atom stereocenters. The van der Waals surface area contributed by atoms with Crippen LogP contribution in [-0.4, -0.2) is 34.7 Å². The number of hydrogen-bond acceptors (Lipinski definition) is 5. The van der Waals surface area contributed by atoms with Crippen LogP contribution in [0.4, 0.5) is 0 Å². The Labute approximate surface area is 152 Å². The van der Waals surface area contributed by atoms with E-state index in [1.54, 1.807) is 24.3 Å². The molecule has 25 heavy (non-hydrogen) atoms. The van der Waals surface area contributed by atoms with Gasteiger partial charge in [-0.1, -0.05) is 48.2 Å². The van der Waals surface area contributed by atoms with Gasteiger partial charge in [-0.2, -0.15) is 0 Å². The maximum atomic E-state index is 12.3. The fourth-order valence-electron chi connectivity index (χ4n) is 2.47. The second-order valence-corrected chi connectivity index (χ2v) is 8.71. The van der Waals surface area contributed by atoms with Crippen molar-refractivity contribution in [2.45, 2.75) is 23.4 Å². The van der Waals surface area contributed by atoms with Gasteiger partial charge in [0.15, 0.2) is 15.0 Å². The van der Waals surface area contributed by atoms with Gasteiger partial charge >= 0.3 is 0 Å². The minimum absolute atomic E-state index is 0.127. The fourth-order valence-corrected chi connectivity index (χ4v) is 4.92. The van der Waals surface area contributed by atoms with Crippen LogP contribution in [0.3, 0.4) is 0 Å². The van der Waals surface area contributed by atoms with E-state index >= 15 is 0 Å². The van der Waals surface area contributed by atoms with Crippen LogP contribution in [0.2, 0.25) is 0 Å². The summed E-state index contributed by atoms with van der Waals surface area (Å²) in [6.45, 7) is 1.91. The molecule has 0 spiro atoms. The van der Waals surface area contributed by atoms with Crippen LogP contribution in [0, 0.1) is 6.92 Å². The predicted octanol–water partition coefficient (Wildman–Crippen LogP) is 3.53. The molecule has 0 aliphatic heterocycles. The van der Waals surface area contributed by atoms with Gasteiger partial charge in [-0.05, 0) is 37.6 Å². The van der Waals surface area contributed by atoms with Crippen molar-refractivity contribution in [3.8, 4) is 5.69 Å². The lowest BCUT2D eigenvalue weighted by molar-refractivity contribution is 0.595. The third kappa shape index (κ3) is 4.29. The van der Waals surface area contributed by atoms with Crippen LogP contribution >= 0.6 is 11.8 Å². The molecule has 0 unspecified atom stereocenters. The lowest BCUT2D eigenvalue weighted by Gasteiger charge is -2.08. The lowest BCUT2D eigenvalue weighted by Crippen LogP contribution is -2.07. The summed E-state index contributed by atoms with van der Waals surface area (Å²) in [5.74, 6) is 1.60. The molecule has 0 radical (unpaired) electrons. The molecule has 0 saturated carbocycles. The molecule has 0 aliphatic carbocycles. The third-order valence-corrected chi connectivity index (χ3v) is 6.53. The fraction of sp³-hybridized carbons (Fsp3) is 0.222. The van der Waals surface area contributed by atoms with Crippen molar-refractivity contribution in [3.05, 3.63) is 66.5 Å². The molecule has 0 aliphatic rings. The largest absolute Gasteiger partial charge is 0.274 e. The quantitative estimate of drug-likeness (QED) is 0.468. The highest BCUT2D eigenvalue weighted by Crippen LogP contribution is 2.23. The van der Waals surface area contributed by atoms with Crippen molar-refractivity contribution in [3.63, 3.8) is 0 Å². The molecule has 1 aromatic heterocycles. The van der Waals surface area contributed by atoms with Crippen molar-refractivity contribution in [2.75, 3.05) is 11.5 Å². The van der Waals surface area contributed by atoms with Crippen molar-refractivity contribution in [2.24, 2.45) is 0 Å². The van der Waals surface area contributed by atoms with E-state index in [1.165, 1.54) is 11.8 Å². The van der Waals surface area contributed by atoms with Crippen molar-refractivity contribution in [1.29, 1.82) is 0 Å². The van der Waals surface area contributed by atoms with E-state index in [0.29, 0.717) is 17.1 Å². The normalized spacial score (nSPS) is 11.6. The SMILES string of the molecule is Cc1nnc(SCCCS(=O)(=O)c2ccccc2)n1-c1ccccc1. The molecule has 0 N–H and O–H groups in total. The van der Waals surface area contributed by atoms with E-state index in [2.05, 4.69) is 10.2 Å². The highest BCUT2D eigenvalue weighted by atomic mass is 32.2. The first-order valence-corrected chi connectivity index (χ1v) is 10.6. The van der Waals surface area contributed by atoms with Gasteiger partial charge in [0.2, 0.25) is 0 Å². The summed E-state index contributed by atoms with van der Waals surface area (Å²) in [5.41, 5.74) is 1.00. The molecule has 2 aromatic carbocycles. The molecular formula is C18H19N3O2S2. The molecule has 3 rings (SSSR count). The Morgan fingerprint density at radius 3 is 2.28 bits per heavy atom. The summed E-state index contributed by atoms with van der Waals surface area (Å²) in [5, 5.41) is 9.13. The second kappa shape index (κ2) is 7.84. The maximum absolute atomic E-state index is 12.3. The standard InChI is InChI=1S/C18H19N3O2S2/c1-15-19-20-18(21(15)16-9-4-2-5-10-16)24-13-8-14-25(22,23)17-11-6-3-7-12-17/h2-7,9-12H,8,13-14H2,1H3. The zero-order chi connectivity index (χ0) is 17.7. The number of para-hydroxylation sites is 1. The van der Waals surface area contributed by atoms with Crippen LogP contribution in [-0.2, 0) is 9.84 Å². The lowest BCUT2D eigenvalue weighted by atomic mass is 10.3. The summed E-state index contributed by atoms with van der Waals surface area (Å²) in [4.78, 5) is 0.378. The molecule has 3 aromatic rings. The van der Waals surface area contributed by atoms with Crippen LogP contribution < -0.4 is 0 Å².